The van der Waals surface area contributed by atoms with Crippen LogP contribution in [0.15, 0.2) is 48.5 Å². The fourth-order valence-electron chi connectivity index (χ4n) is 4.15. The number of rotatable bonds is 6. The standard InChI is InChI=1S/C25H27F2N5O3/c1-25(2)21-18(22(30-29-21)28-23(33)15-9-11-16(26)12-10-15)13-32(25)24(34)35-20(14-31(3)4)17-7-5-6-8-19(17)27/h5-12,20H,13-14H2,1-4H3,(H2,28,29,30,33). The van der Waals surface area contributed by atoms with Gasteiger partial charge in [0.25, 0.3) is 5.91 Å². The molecule has 0 saturated carbocycles. The fraction of sp³-hybridized carbons (Fsp3) is 0.320. The number of aromatic nitrogens is 2. The molecule has 0 saturated heterocycles. The number of nitrogens with zero attached hydrogens (tertiary/aromatic N) is 3. The zero-order chi connectivity index (χ0) is 25.3. The third kappa shape index (κ3) is 4.88. The van der Waals surface area contributed by atoms with Crippen molar-refractivity contribution in [2.45, 2.75) is 32.0 Å². The summed E-state index contributed by atoms with van der Waals surface area (Å²) in [5, 5.41) is 9.83. The van der Waals surface area contributed by atoms with E-state index in [1.54, 1.807) is 18.2 Å². The maximum absolute atomic E-state index is 14.5. The average molecular weight is 484 g/mol. The van der Waals surface area contributed by atoms with Crippen LogP contribution < -0.4 is 5.32 Å². The minimum absolute atomic E-state index is 0.128. The van der Waals surface area contributed by atoms with Crippen molar-refractivity contribution in [1.82, 2.24) is 20.0 Å². The van der Waals surface area contributed by atoms with E-state index in [4.69, 9.17) is 4.74 Å². The second kappa shape index (κ2) is 9.46. The van der Waals surface area contributed by atoms with Gasteiger partial charge in [0.2, 0.25) is 0 Å². The van der Waals surface area contributed by atoms with Gasteiger partial charge in [-0.3, -0.25) is 14.8 Å². The molecule has 1 aromatic heterocycles. The highest BCUT2D eigenvalue weighted by Gasteiger charge is 2.45. The van der Waals surface area contributed by atoms with Crippen molar-refractivity contribution in [2.75, 3.05) is 26.0 Å². The van der Waals surface area contributed by atoms with E-state index in [0.29, 0.717) is 23.4 Å². The predicted octanol–water partition coefficient (Wildman–Crippen LogP) is 4.43. The molecule has 3 aromatic rings. The van der Waals surface area contributed by atoms with E-state index in [1.807, 2.05) is 32.8 Å². The SMILES string of the molecule is CN(C)CC(OC(=O)N1Cc2c(NC(=O)c3ccc(F)cc3)n[nH]c2C1(C)C)c1ccccc1F. The van der Waals surface area contributed by atoms with Gasteiger partial charge in [-0.15, -0.1) is 0 Å². The summed E-state index contributed by atoms with van der Waals surface area (Å²) >= 11 is 0. The fourth-order valence-corrected chi connectivity index (χ4v) is 4.15. The molecule has 2 aromatic carbocycles. The summed E-state index contributed by atoms with van der Waals surface area (Å²) in [6, 6.07) is 11.4. The highest BCUT2D eigenvalue weighted by Crippen LogP contribution is 2.41. The molecule has 10 heteroatoms. The molecule has 1 atom stereocenters. The summed E-state index contributed by atoms with van der Waals surface area (Å²) in [5.74, 6) is -1.07. The molecule has 2 heterocycles. The number of carbonyl (C=O) groups is 2. The average Bonchev–Trinajstić information content (AvgIpc) is 3.31. The first-order chi connectivity index (χ1) is 16.6. The molecule has 8 nitrogen and oxygen atoms in total. The number of benzene rings is 2. The minimum Gasteiger partial charge on any atom is -0.440 e. The van der Waals surface area contributed by atoms with E-state index >= 15 is 0 Å². The van der Waals surface area contributed by atoms with Gasteiger partial charge in [0.05, 0.1) is 17.8 Å². The lowest BCUT2D eigenvalue weighted by Crippen LogP contribution is -2.42. The van der Waals surface area contributed by atoms with Crippen LogP contribution in [0.25, 0.3) is 0 Å². The molecule has 1 unspecified atom stereocenters. The highest BCUT2D eigenvalue weighted by atomic mass is 19.1. The van der Waals surface area contributed by atoms with Crippen LogP contribution >= 0.6 is 0 Å². The molecule has 0 spiro atoms. The van der Waals surface area contributed by atoms with Gasteiger partial charge in [0, 0.05) is 23.2 Å². The second-order valence-corrected chi connectivity index (χ2v) is 9.19. The molecule has 2 N–H and O–H groups in total. The number of aromatic amines is 1. The van der Waals surface area contributed by atoms with Gasteiger partial charge in [-0.25, -0.2) is 13.6 Å². The van der Waals surface area contributed by atoms with Crippen molar-refractivity contribution in [1.29, 1.82) is 0 Å². The number of halogens is 2. The number of anilines is 1. The van der Waals surface area contributed by atoms with Crippen LogP contribution in [0.5, 0.6) is 0 Å². The Kier molecular flexibility index (Phi) is 6.58. The molecule has 2 amide bonds. The molecule has 1 aliphatic rings. The number of likely N-dealkylation sites (N-methyl/N-ethyl adjacent to an activating group) is 1. The zero-order valence-electron chi connectivity index (χ0n) is 19.9. The quantitative estimate of drug-likeness (QED) is 0.541. The lowest BCUT2D eigenvalue weighted by Gasteiger charge is -2.33. The van der Waals surface area contributed by atoms with Gasteiger partial charge in [-0.2, -0.15) is 5.10 Å². The Morgan fingerprint density at radius 2 is 1.86 bits per heavy atom. The van der Waals surface area contributed by atoms with Gasteiger partial charge in [0.15, 0.2) is 5.82 Å². The number of fused-ring (bicyclic) bond motifs is 1. The van der Waals surface area contributed by atoms with E-state index in [1.165, 1.54) is 35.2 Å². The Balaban J connectivity index is 1.54. The van der Waals surface area contributed by atoms with Crippen LogP contribution in [0, 0.1) is 11.6 Å². The van der Waals surface area contributed by atoms with Crippen molar-refractivity contribution in [3.8, 4) is 0 Å². The summed E-state index contributed by atoms with van der Waals surface area (Å²) in [6.07, 6.45) is -1.44. The summed E-state index contributed by atoms with van der Waals surface area (Å²) in [6.45, 7) is 4.08. The van der Waals surface area contributed by atoms with Crippen LogP contribution in [0.3, 0.4) is 0 Å². The highest BCUT2D eigenvalue weighted by molar-refractivity contribution is 6.04. The Hall–Kier alpha value is -3.79. The first-order valence-corrected chi connectivity index (χ1v) is 11.1. The van der Waals surface area contributed by atoms with Gasteiger partial charge < -0.3 is 15.0 Å². The number of hydrogen-bond donors (Lipinski definition) is 2. The van der Waals surface area contributed by atoms with E-state index < -0.39 is 35.3 Å². The van der Waals surface area contributed by atoms with Gasteiger partial charge >= 0.3 is 6.09 Å². The predicted molar refractivity (Wildman–Crippen MR) is 126 cm³/mol. The third-order valence-corrected chi connectivity index (χ3v) is 6.05. The van der Waals surface area contributed by atoms with Crippen LogP contribution in [0.2, 0.25) is 0 Å². The molecular weight excluding hydrogens is 456 g/mol. The second-order valence-electron chi connectivity index (χ2n) is 9.19. The third-order valence-electron chi connectivity index (χ3n) is 6.05. The number of H-pyrrole nitrogens is 1. The monoisotopic (exact) mass is 483 g/mol. The minimum atomic E-state index is -0.823. The van der Waals surface area contributed by atoms with Crippen molar-refractivity contribution in [3.05, 3.63) is 82.5 Å². The normalized spacial score (nSPS) is 15.1. The molecule has 35 heavy (non-hydrogen) atoms. The lowest BCUT2D eigenvalue weighted by molar-refractivity contribution is 0.0247. The smallest absolute Gasteiger partial charge is 0.411 e. The van der Waals surface area contributed by atoms with Crippen LogP contribution in [0.4, 0.5) is 19.4 Å². The Morgan fingerprint density at radius 3 is 2.51 bits per heavy atom. The number of nitrogens with one attached hydrogen (secondary N) is 2. The topological polar surface area (TPSA) is 90.6 Å². The lowest BCUT2D eigenvalue weighted by atomic mass is 10.0. The molecule has 0 aliphatic carbocycles. The number of hydrogen-bond acceptors (Lipinski definition) is 5. The van der Waals surface area contributed by atoms with E-state index in [9.17, 15) is 18.4 Å². The Bertz CT molecular complexity index is 1240. The molecule has 0 radical (unpaired) electrons. The summed E-state index contributed by atoms with van der Waals surface area (Å²) in [5.41, 5.74) is 1.03. The van der Waals surface area contributed by atoms with Gasteiger partial charge in [-0.05, 0) is 58.3 Å². The zero-order valence-corrected chi connectivity index (χ0v) is 19.9. The van der Waals surface area contributed by atoms with E-state index in [2.05, 4.69) is 15.5 Å². The number of amides is 2. The number of carbonyl (C=O) groups excluding carboxylic acids is 2. The van der Waals surface area contributed by atoms with Crippen molar-refractivity contribution in [3.63, 3.8) is 0 Å². The number of ether oxygens (including phenoxy) is 1. The first-order valence-electron chi connectivity index (χ1n) is 11.1. The molecular formula is C25H27F2N5O3. The van der Waals surface area contributed by atoms with Crippen molar-refractivity contribution >= 4 is 17.8 Å². The summed E-state index contributed by atoms with van der Waals surface area (Å²) in [7, 11) is 3.63. The van der Waals surface area contributed by atoms with E-state index in [-0.39, 0.29) is 17.9 Å². The Morgan fingerprint density at radius 1 is 1.17 bits per heavy atom. The first kappa shape index (κ1) is 24.3. The molecule has 0 fully saturated rings. The van der Waals surface area contributed by atoms with Gasteiger partial charge in [0.1, 0.15) is 17.7 Å². The molecule has 1 aliphatic heterocycles. The molecule has 4 rings (SSSR count). The van der Waals surface area contributed by atoms with Crippen molar-refractivity contribution in [2.24, 2.45) is 0 Å². The van der Waals surface area contributed by atoms with Crippen LogP contribution in [0.1, 0.15) is 47.1 Å². The maximum Gasteiger partial charge on any atom is 0.411 e. The summed E-state index contributed by atoms with van der Waals surface area (Å²) < 4.78 is 33.5. The molecule has 0 bridgehead atoms. The van der Waals surface area contributed by atoms with Crippen molar-refractivity contribution < 1.29 is 23.1 Å². The maximum atomic E-state index is 14.5. The summed E-state index contributed by atoms with van der Waals surface area (Å²) in [4.78, 5) is 29.2. The Labute approximate surface area is 201 Å². The molecule has 184 valence electrons. The largest absolute Gasteiger partial charge is 0.440 e. The van der Waals surface area contributed by atoms with Crippen LogP contribution in [-0.4, -0.2) is 52.6 Å². The van der Waals surface area contributed by atoms with Gasteiger partial charge in [-0.1, -0.05) is 18.2 Å². The van der Waals surface area contributed by atoms with Crippen LogP contribution in [-0.2, 0) is 16.8 Å². The van der Waals surface area contributed by atoms with E-state index in [0.717, 1.165) is 0 Å².